The molecule has 4 nitrogen and oxygen atoms in total. The molecule has 2 heterocycles. The number of pyridine rings is 1. The number of aromatic nitrogens is 2. The molecule has 0 saturated carbocycles. The van der Waals surface area contributed by atoms with Gasteiger partial charge in [-0.2, -0.15) is 0 Å². The second-order valence-corrected chi connectivity index (χ2v) is 6.79. The third-order valence-electron chi connectivity index (χ3n) is 4.74. The molecule has 2 aromatic carbocycles. The highest BCUT2D eigenvalue weighted by Crippen LogP contribution is 2.23. The first-order valence-electron chi connectivity index (χ1n) is 9.31. The van der Waals surface area contributed by atoms with Gasteiger partial charge in [0.15, 0.2) is 0 Å². The number of fused-ring (bicyclic) bond motifs is 1. The maximum absolute atomic E-state index is 13.2. The van der Waals surface area contributed by atoms with Gasteiger partial charge in [0, 0.05) is 30.2 Å². The molecule has 0 amide bonds. The first-order valence-corrected chi connectivity index (χ1v) is 9.31. The van der Waals surface area contributed by atoms with Gasteiger partial charge in [-0.15, -0.1) is 0 Å². The number of likely N-dealkylation sites (N-methyl/N-ethyl adjacent to an activating group) is 1. The lowest BCUT2D eigenvalue weighted by Crippen LogP contribution is -2.20. The second kappa shape index (κ2) is 8.17. The molecular weight excluding hydrogens is 365 g/mol. The highest BCUT2D eigenvalue weighted by atomic mass is 19.1. The number of hydrogen-bond acceptors (Lipinski definition) is 3. The fourth-order valence-electron chi connectivity index (χ4n) is 3.13. The molecule has 0 spiro atoms. The van der Waals surface area contributed by atoms with Gasteiger partial charge in [0.05, 0.1) is 18.5 Å². The lowest BCUT2D eigenvalue weighted by atomic mass is 10.0. The molecule has 0 unspecified atom stereocenters. The number of nitrogens with one attached hydrogen (secondary N) is 1. The molecule has 0 radical (unpaired) electrons. The number of aliphatic hydroxyl groups excluding tert-OH is 1. The largest absolute Gasteiger partial charge is 0.395 e. The minimum absolute atomic E-state index is 0.132. The van der Waals surface area contributed by atoms with Crippen LogP contribution >= 0.6 is 0 Å². The average molecular weight is 385 g/mol. The van der Waals surface area contributed by atoms with Crippen LogP contribution in [0.4, 0.5) is 10.1 Å². The first kappa shape index (κ1) is 18.7. The Kier molecular flexibility index (Phi) is 5.28. The van der Waals surface area contributed by atoms with Crippen molar-refractivity contribution in [3.05, 3.63) is 83.9 Å². The van der Waals surface area contributed by atoms with E-state index in [9.17, 15) is 4.39 Å². The van der Waals surface area contributed by atoms with Crippen LogP contribution in [0.15, 0.2) is 66.9 Å². The van der Waals surface area contributed by atoms with Crippen molar-refractivity contribution in [2.45, 2.75) is 0 Å². The van der Waals surface area contributed by atoms with E-state index in [1.165, 1.54) is 12.3 Å². The van der Waals surface area contributed by atoms with Gasteiger partial charge in [-0.25, -0.2) is 9.37 Å². The normalized spacial score (nSPS) is 10.6. The average Bonchev–Trinajstić information content (AvgIpc) is 3.15. The van der Waals surface area contributed by atoms with Crippen LogP contribution in [-0.2, 0) is 0 Å². The third kappa shape index (κ3) is 4.29. The topological polar surface area (TPSA) is 52.1 Å². The van der Waals surface area contributed by atoms with E-state index >= 15 is 0 Å². The third-order valence-corrected chi connectivity index (χ3v) is 4.74. The molecule has 0 aliphatic rings. The van der Waals surface area contributed by atoms with Crippen molar-refractivity contribution in [1.82, 2.24) is 9.97 Å². The minimum Gasteiger partial charge on any atom is -0.395 e. The first-order chi connectivity index (χ1) is 14.1. The number of H-pyrrole nitrogens is 1. The Bertz CT molecular complexity index is 1190. The molecule has 144 valence electrons. The predicted molar refractivity (Wildman–Crippen MR) is 114 cm³/mol. The van der Waals surface area contributed by atoms with Crippen molar-refractivity contribution in [2.75, 3.05) is 25.1 Å². The van der Waals surface area contributed by atoms with Gasteiger partial charge in [-0.3, -0.25) is 0 Å². The standard InChI is InChI=1S/C24H20FN3O/c1-28(12-13-29)23-10-7-19(8-11-23)18-5-2-17(3-6-18)4-9-22-15-20-14-21(25)16-26-24(20)27-22/h2-3,5-8,10-11,14-16,29H,12-13H2,1H3,(H,26,27). The van der Waals surface area contributed by atoms with E-state index in [-0.39, 0.29) is 12.4 Å². The minimum atomic E-state index is -0.361. The number of aromatic amines is 1. The van der Waals surface area contributed by atoms with Gasteiger partial charge in [0.25, 0.3) is 0 Å². The summed E-state index contributed by atoms with van der Waals surface area (Å²) in [6.07, 6.45) is 1.19. The zero-order chi connectivity index (χ0) is 20.2. The van der Waals surface area contributed by atoms with Crippen molar-refractivity contribution in [1.29, 1.82) is 0 Å². The number of hydrogen-bond donors (Lipinski definition) is 2. The highest BCUT2D eigenvalue weighted by Gasteiger charge is 2.03. The molecule has 0 bridgehead atoms. The number of anilines is 1. The van der Waals surface area contributed by atoms with Crippen molar-refractivity contribution in [2.24, 2.45) is 0 Å². The van der Waals surface area contributed by atoms with Gasteiger partial charge in [-0.1, -0.05) is 30.2 Å². The Morgan fingerprint density at radius 2 is 1.69 bits per heavy atom. The summed E-state index contributed by atoms with van der Waals surface area (Å²) in [5, 5.41) is 9.75. The SMILES string of the molecule is CN(CCO)c1ccc(-c2ccc(C#Cc3cc4cc(F)cnc4[nH]3)cc2)cc1. The van der Waals surface area contributed by atoms with Crippen LogP contribution < -0.4 is 4.90 Å². The maximum atomic E-state index is 13.2. The molecule has 0 atom stereocenters. The zero-order valence-electron chi connectivity index (χ0n) is 16.0. The van der Waals surface area contributed by atoms with Gasteiger partial charge >= 0.3 is 0 Å². The maximum Gasteiger partial charge on any atom is 0.142 e. The van der Waals surface area contributed by atoms with Crippen LogP contribution in [0.25, 0.3) is 22.2 Å². The van der Waals surface area contributed by atoms with Crippen molar-refractivity contribution in [3.63, 3.8) is 0 Å². The van der Waals surface area contributed by atoms with E-state index in [1.807, 2.05) is 48.3 Å². The summed E-state index contributed by atoms with van der Waals surface area (Å²) in [5.41, 5.74) is 5.51. The Morgan fingerprint density at radius 1 is 1.00 bits per heavy atom. The van der Waals surface area contributed by atoms with Crippen LogP contribution in [0.2, 0.25) is 0 Å². The number of benzene rings is 2. The number of aliphatic hydroxyl groups is 1. The van der Waals surface area contributed by atoms with Gasteiger partial charge in [0.2, 0.25) is 0 Å². The highest BCUT2D eigenvalue weighted by molar-refractivity contribution is 5.77. The Hall–Kier alpha value is -3.62. The van der Waals surface area contributed by atoms with Crippen LogP contribution in [0.1, 0.15) is 11.3 Å². The monoisotopic (exact) mass is 385 g/mol. The molecule has 0 saturated heterocycles. The van der Waals surface area contributed by atoms with Crippen molar-refractivity contribution < 1.29 is 9.50 Å². The lowest BCUT2D eigenvalue weighted by molar-refractivity contribution is 0.304. The number of halogens is 1. The summed E-state index contributed by atoms with van der Waals surface area (Å²) >= 11 is 0. The summed E-state index contributed by atoms with van der Waals surface area (Å²) in [5.74, 6) is 5.83. The fourth-order valence-corrected chi connectivity index (χ4v) is 3.13. The van der Waals surface area contributed by atoms with Crippen LogP contribution in [-0.4, -0.2) is 35.3 Å². The van der Waals surface area contributed by atoms with E-state index in [0.717, 1.165) is 22.4 Å². The predicted octanol–water partition coefficient (Wildman–Crippen LogP) is 4.20. The van der Waals surface area contributed by atoms with Gasteiger partial charge < -0.3 is 15.0 Å². The molecule has 0 fully saturated rings. The van der Waals surface area contributed by atoms with Gasteiger partial charge in [-0.05, 0) is 53.4 Å². The summed E-state index contributed by atoms with van der Waals surface area (Å²) in [6.45, 7) is 0.737. The van der Waals surface area contributed by atoms with E-state index in [4.69, 9.17) is 5.11 Å². The Morgan fingerprint density at radius 3 is 2.38 bits per heavy atom. The fraction of sp³-hybridized carbons (Fsp3) is 0.125. The van der Waals surface area contributed by atoms with Crippen LogP contribution in [0, 0.1) is 17.7 Å². The summed E-state index contributed by atoms with van der Waals surface area (Å²) in [4.78, 5) is 9.11. The number of rotatable bonds is 4. The van der Waals surface area contributed by atoms with E-state index in [0.29, 0.717) is 23.3 Å². The summed E-state index contributed by atoms with van der Waals surface area (Å²) in [7, 11) is 1.96. The molecule has 4 aromatic rings. The molecular formula is C24H20FN3O. The van der Waals surface area contributed by atoms with E-state index in [1.54, 1.807) is 6.07 Å². The van der Waals surface area contributed by atoms with Crippen molar-refractivity contribution in [3.8, 4) is 23.0 Å². The smallest absolute Gasteiger partial charge is 0.142 e. The van der Waals surface area contributed by atoms with E-state index < -0.39 is 0 Å². The molecule has 2 N–H and O–H groups in total. The van der Waals surface area contributed by atoms with Crippen LogP contribution in [0.5, 0.6) is 0 Å². The Labute approximate surface area is 168 Å². The molecule has 29 heavy (non-hydrogen) atoms. The van der Waals surface area contributed by atoms with E-state index in [2.05, 4.69) is 33.9 Å². The lowest BCUT2D eigenvalue weighted by Gasteiger charge is -2.18. The summed E-state index contributed by atoms with van der Waals surface area (Å²) in [6, 6.07) is 19.5. The molecule has 4 rings (SSSR count). The van der Waals surface area contributed by atoms with Crippen molar-refractivity contribution >= 4 is 16.7 Å². The number of nitrogens with zero attached hydrogens (tertiary/aromatic N) is 2. The Balaban J connectivity index is 1.50. The molecule has 0 aliphatic heterocycles. The second-order valence-electron chi connectivity index (χ2n) is 6.79. The molecule has 2 aromatic heterocycles. The molecule has 0 aliphatic carbocycles. The quantitative estimate of drug-likeness (QED) is 0.518. The van der Waals surface area contributed by atoms with Crippen LogP contribution in [0.3, 0.4) is 0 Å². The zero-order valence-corrected chi connectivity index (χ0v) is 16.0. The molecule has 5 heteroatoms. The summed E-state index contributed by atoms with van der Waals surface area (Å²) < 4.78 is 13.2. The van der Waals surface area contributed by atoms with Gasteiger partial charge in [0.1, 0.15) is 11.5 Å².